The van der Waals surface area contributed by atoms with E-state index in [1.807, 2.05) is 25.1 Å². The maximum Gasteiger partial charge on any atom is 0.258 e. The van der Waals surface area contributed by atoms with E-state index >= 15 is 0 Å². The van der Waals surface area contributed by atoms with Crippen molar-refractivity contribution in [3.8, 4) is 0 Å². The van der Waals surface area contributed by atoms with Crippen molar-refractivity contribution in [1.29, 1.82) is 0 Å². The predicted octanol–water partition coefficient (Wildman–Crippen LogP) is 2.20. The lowest BCUT2D eigenvalue weighted by Gasteiger charge is -2.23. The van der Waals surface area contributed by atoms with E-state index in [1.165, 1.54) is 13.2 Å². The van der Waals surface area contributed by atoms with Crippen molar-refractivity contribution in [1.82, 2.24) is 4.72 Å². The molecule has 1 N–H and O–H groups in total. The number of rotatable bonds is 6. The van der Waals surface area contributed by atoms with Crippen LogP contribution in [0.3, 0.4) is 0 Å². The molecule has 6 nitrogen and oxygen atoms in total. The van der Waals surface area contributed by atoms with Crippen molar-refractivity contribution in [3.05, 3.63) is 59.7 Å². The van der Waals surface area contributed by atoms with Gasteiger partial charge >= 0.3 is 0 Å². The van der Waals surface area contributed by atoms with E-state index in [2.05, 4.69) is 4.72 Å². The number of hydrogen-bond acceptors (Lipinski definition) is 4. The summed E-state index contributed by atoms with van der Waals surface area (Å²) in [7, 11) is -2.08. The molecule has 1 aliphatic heterocycles. The van der Waals surface area contributed by atoms with Crippen LogP contribution >= 0.6 is 0 Å². The minimum absolute atomic E-state index is 0.0305. The molecule has 0 radical (unpaired) electrons. The number of carbonyl (C=O) groups excluding carboxylic acids is 1. The van der Waals surface area contributed by atoms with Gasteiger partial charge in [-0.2, -0.15) is 0 Å². The maximum absolute atomic E-state index is 12.9. The van der Waals surface area contributed by atoms with E-state index in [4.69, 9.17) is 4.74 Å². The molecule has 0 unspecified atom stereocenters. The summed E-state index contributed by atoms with van der Waals surface area (Å²) < 4.78 is 32.1. The third-order valence-electron chi connectivity index (χ3n) is 4.41. The van der Waals surface area contributed by atoms with Crippen LogP contribution in [0.15, 0.2) is 53.4 Å². The number of ether oxygens (including phenoxy) is 1. The second kappa shape index (κ2) is 7.57. The number of hydrogen-bond donors (Lipinski definition) is 1. The van der Waals surface area contributed by atoms with Crippen molar-refractivity contribution in [2.24, 2.45) is 0 Å². The molecule has 2 aromatic rings. The van der Waals surface area contributed by atoms with Crippen LogP contribution in [0.5, 0.6) is 0 Å². The average molecular weight is 374 g/mol. The first kappa shape index (κ1) is 18.6. The molecule has 0 fully saturated rings. The molecule has 1 atom stereocenters. The van der Waals surface area contributed by atoms with Gasteiger partial charge in [0.05, 0.1) is 11.5 Å². The molecular weight excluding hydrogens is 352 g/mol. The highest BCUT2D eigenvalue weighted by molar-refractivity contribution is 7.89. The molecule has 2 aromatic carbocycles. The summed E-state index contributed by atoms with van der Waals surface area (Å²) in [6, 6.07) is 14.0. The fraction of sp³-hybridized carbons (Fsp3) is 0.316. The minimum atomic E-state index is -3.59. The average Bonchev–Trinajstić information content (AvgIpc) is 2.97. The Balaban J connectivity index is 1.88. The van der Waals surface area contributed by atoms with Crippen LogP contribution in [0.1, 0.15) is 22.8 Å². The molecule has 0 bridgehead atoms. The molecule has 0 aromatic heterocycles. The van der Waals surface area contributed by atoms with Gasteiger partial charge in [0, 0.05) is 30.9 Å². The maximum atomic E-state index is 12.9. The number of nitrogens with one attached hydrogen (secondary N) is 1. The number of fused-ring (bicyclic) bond motifs is 1. The zero-order valence-electron chi connectivity index (χ0n) is 14.8. The fourth-order valence-corrected chi connectivity index (χ4v) is 4.23. The van der Waals surface area contributed by atoms with Crippen LogP contribution in [-0.4, -0.2) is 40.6 Å². The smallest absolute Gasteiger partial charge is 0.258 e. The molecular formula is C19H22N2O4S. The SMILES string of the molecule is COCCNS(=O)(=O)c1ccc2c(c1)C[C@H](C)N2C(=O)c1ccccc1. The number of benzene rings is 2. The summed E-state index contributed by atoms with van der Waals surface area (Å²) in [5.41, 5.74) is 2.24. The molecule has 1 amide bonds. The Kier molecular flexibility index (Phi) is 5.41. The highest BCUT2D eigenvalue weighted by Crippen LogP contribution is 2.34. The van der Waals surface area contributed by atoms with Gasteiger partial charge in [-0.05, 0) is 49.2 Å². The summed E-state index contributed by atoms with van der Waals surface area (Å²) in [5, 5.41) is 0. The molecule has 0 spiro atoms. The molecule has 1 aliphatic rings. The summed E-state index contributed by atoms with van der Waals surface area (Å²) in [5.74, 6) is -0.0781. The number of anilines is 1. The van der Waals surface area contributed by atoms with Crippen LogP contribution in [0, 0.1) is 0 Å². The van der Waals surface area contributed by atoms with Gasteiger partial charge in [-0.15, -0.1) is 0 Å². The number of nitrogens with zero attached hydrogens (tertiary/aromatic N) is 1. The largest absolute Gasteiger partial charge is 0.383 e. The van der Waals surface area contributed by atoms with Gasteiger partial charge < -0.3 is 9.64 Å². The van der Waals surface area contributed by atoms with Crippen molar-refractivity contribution < 1.29 is 17.9 Å². The monoisotopic (exact) mass is 374 g/mol. The number of amides is 1. The Morgan fingerprint density at radius 1 is 1.23 bits per heavy atom. The Morgan fingerprint density at radius 3 is 2.65 bits per heavy atom. The third-order valence-corrected chi connectivity index (χ3v) is 5.87. The van der Waals surface area contributed by atoms with E-state index in [0.29, 0.717) is 18.6 Å². The molecule has 26 heavy (non-hydrogen) atoms. The van der Waals surface area contributed by atoms with Gasteiger partial charge in [0.15, 0.2) is 0 Å². The third kappa shape index (κ3) is 3.65. The predicted molar refractivity (Wildman–Crippen MR) is 99.9 cm³/mol. The van der Waals surface area contributed by atoms with Gasteiger partial charge in [-0.1, -0.05) is 18.2 Å². The molecule has 138 valence electrons. The van der Waals surface area contributed by atoms with Crippen LogP contribution in [0.2, 0.25) is 0 Å². The van der Waals surface area contributed by atoms with Crippen LogP contribution in [0.4, 0.5) is 5.69 Å². The van der Waals surface area contributed by atoms with E-state index in [1.54, 1.807) is 29.2 Å². The second-order valence-electron chi connectivity index (χ2n) is 6.28. The Morgan fingerprint density at radius 2 is 1.96 bits per heavy atom. The quantitative estimate of drug-likeness (QED) is 0.787. The Hall–Kier alpha value is -2.22. The van der Waals surface area contributed by atoms with Gasteiger partial charge in [0.1, 0.15) is 0 Å². The van der Waals surface area contributed by atoms with Gasteiger partial charge in [-0.25, -0.2) is 13.1 Å². The van der Waals surface area contributed by atoms with Gasteiger partial charge in [-0.3, -0.25) is 4.79 Å². The number of carbonyl (C=O) groups is 1. The van der Waals surface area contributed by atoms with E-state index in [9.17, 15) is 13.2 Å². The van der Waals surface area contributed by atoms with Crippen molar-refractivity contribution in [2.45, 2.75) is 24.3 Å². The van der Waals surface area contributed by atoms with Crippen molar-refractivity contribution in [2.75, 3.05) is 25.2 Å². The van der Waals surface area contributed by atoms with Gasteiger partial charge in [0.25, 0.3) is 5.91 Å². The van der Waals surface area contributed by atoms with E-state index in [-0.39, 0.29) is 23.4 Å². The normalized spacial score (nSPS) is 16.5. The zero-order valence-corrected chi connectivity index (χ0v) is 15.6. The molecule has 0 saturated carbocycles. The lowest BCUT2D eigenvalue weighted by atomic mass is 10.1. The fourth-order valence-electron chi connectivity index (χ4n) is 3.17. The highest BCUT2D eigenvalue weighted by Gasteiger charge is 2.32. The molecule has 3 rings (SSSR count). The van der Waals surface area contributed by atoms with Crippen LogP contribution in [0.25, 0.3) is 0 Å². The Bertz CT molecular complexity index is 897. The first-order valence-electron chi connectivity index (χ1n) is 8.44. The minimum Gasteiger partial charge on any atom is -0.383 e. The zero-order chi connectivity index (χ0) is 18.7. The summed E-state index contributed by atoms with van der Waals surface area (Å²) in [6.45, 7) is 2.48. The Labute approximate surface area is 153 Å². The van der Waals surface area contributed by atoms with Gasteiger partial charge in [0.2, 0.25) is 10.0 Å². The van der Waals surface area contributed by atoms with Crippen LogP contribution < -0.4 is 9.62 Å². The van der Waals surface area contributed by atoms with E-state index < -0.39 is 10.0 Å². The molecule has 0 aliphatic carbocycles. The van der Waals surface area contributed by atoms with Crippen molar-refractivity contribution in [3.63, 3.8) is 0 Å². The second-order valence-corrected chi connectivity index (χ2v) is 8.04. The topological polar surface area (TPSA) is 75.7 Å². The molecule has 7 heteroatoms. The lowest BCUT2D eigenvalue weighted by molar-refractivity contribution is 0.0981. The first-order chi connectivity index (χ1) is 12.4. The summed E-state index contributed by atoms with van der Waals surface area (Å²) in [4.78, 5) is 14.8. The van der Waals surface area contributed by atoms with Crippen LogP contribution in [-0.2, 0) is 21.2 Å². The number of sulfonamides is 1. The standard InChI is InChI=1S/C19H22N2O4S/c1-14-12-16-13-17(26(23,24)20-10-11-25-2)8-9-18(16)21(14)19(22)15-6-4-3-5-7-15/h3-9,13-14,20H,10-12H2,1-2H3/t14-/m0/s1. The van der Waals surface area contributed by atoms with Crippen molar-refractivity contribution >= 4 is 21.6 Å². The molecule has 1 heterocycles. The number of methoxy groups -OCH3 is 1. The summed E-state index contributed by atoms with van der Waals surface area (Å²) >= 11 is 0. The molecule has 0 saturated heterocycles. The highest BCUT2D eigenvalue weighted by atomic mass is 32.2. The lowest BCUT2D eigenvalue weighted by Crippen LogP contribution is -2.35. The van der Waals surface area contributed by atoms with E-state index in [0.717, 1.165) is 11.3 Å². The summed E-state index contributed by atoms with van der Waals surface area (Å²) in [6.07, 6.45) is 0.620. The first-order valence-corrected chi connectivity index (χ1v) is 9.92.